The van der Waals surface area contributed by atoms with Crippen LogP contribution in [0.1, 0.15) is 17.5 Å². The summed E-state index contributed by atoms with van der Waals surface area (Å²) < 4.78 is 10.5. The lowest BCUT2D eigenvalue weighted by molar-refractivity contribution is -0.121. The van der Waals surface area contributed by atoms with Gasteiger partial charge in [-0.05, 0) is 24.6 Å². The van der Waals surface area contributed by atoms with Crippen LogP contribution in [0.2, 0.25) is 0 Å². The molecule has 24 heavy (non-hydrogen) atoms. The van der Waals surface area contributed by atoms with Gasteiger partial charge in [0.15, 0.2) is 0 Å². The van der Waals surface area contributed by atoms with Crippen LogP contribution in [0.15, 0.2) is 42.5 Å². The molecule has 5 nitrogen and oxygen atoms in total. The summed E-state index contributed by atoms with van der Waals surface area (Å²) >= 11 is 0. The Morgan fingerprint density at radius 3 is 2.62 bits per heavy atom. The summed E-state index contributed by atoms with van der Waals surface area (Å²) in [4.78, 5) is 11.9. The van der Waals surface area contributed by atoms with Crippen LogP contribution < -0.4 is 20.1 Å². The average molecular weight is 328 g/mol. The van der Waals surface area contributed by atoms with Gasteiger partial charge in [0.25, 0.3) is 0 Å². The number of anilines is 1. The second kappa shape index (κ2) is 8.82. The first-order valence-electron chi connectivity index (χ1n) is 7.90. The zero-order valence-corrected chi connectivity index (χ0v) is 14.4. The van der Waals surface area contributed by atoms with Crippen LogP contribution in [0.4, 0.5) is 5.69 Å². The van der Waals surface area contributed by atoms with Crippen LogP contribution in [0.5, 0.6) is 11.5 Å². The van der Waals surface area contributed by atoms with Crippen LogP contribution in [0.3, 0.4) is 0 Å². The molecule has 0 aromatic heterocycles. The maximum atomic E-state index is 11.9. The van der Waals surface area contributed by atoms with Crippen LogP contribution in [0, 0.1) is 6.92 Å². The molecule has 1 amide bonds. The molecule has 2 aromatic rings. The Labute approximate surface area is 143 Å². The summed E-state index contributed by atoms with van der Waals surface area (Å²) in [5, 5.41) is 6.14. The maximum Gasteiger partial charge on any atom is 0.222 e. The fourth-order valence-electron chi connectivity index (χ4n) is 2.37. The molecule has 2 N–H and O–H groups in total. The van der Waals surface area contributed by atoms with Gasteiger partial charge in [-0.25, -0.2) is 0 Å². The molecule has 0 unspecified atom stereocenters. The van der Waals surface area contributed by atoms with Gasteiger partial charge in [0.2, 0.25) is 5.91 Å². The quantitative estimate of drug-likeness (QED) is 0.781. The molecule has 0 aliphatic rings. The Morgan fingerprint density at radius 1 is 1.08 bits per heavy atom. The van der Waals surface area contributed by atoms with E-state index in [2.05, 4.69) is 16.7 Å². The zero-order chi connectivity index (χ0) is 17.4. The number of aryl methyl sites for hydroxylation is 1. The van der Waals surface area contributed by atoms with Gasteiger partial charge < -0.3 is 20.1 Å². The Balaban J connectivity index is 1.78. The molecule has 128 valence electrons. The van der Waals surface area contributed by atoms with Crippen LogP contribution in [-0.4, -0.2) is 26.7 Å². The van der Waals surface area contributed by atoms with Gasteiger partial charge in [-0.1, -0.05) is 29.8 Å². The smallest absolute Gasteiger partial charge is 0.222 e. The topological polar surface area (TPSA) is 59.6 Å². The molecular formula is C19H24N2O3. The van der Waals surface area contributed by atoms with Crippen LogP contribution in [0.25, 0.3) is 0 Å². The number of rotatable bonds is 8. The molecule has 0 spiro atoms. The van der Waals surface area contributed by atoms with E-state index in [1.54, 1.807) is 20.3 Å². The van der Waals surface area contributed by atoms with Gasteiger partial charge in [-0.3, -0.25) is 4.79 Å². The van der Waals surface area contributed by atoms with Gasteiger partial charge >= 0.3 is 0 Å². The third-order valence-corrected chi connectivity index (χ3v) is 3.65. The maximum absolute atomic E-state index is 11.9. The van der Waals surface area contributed by atoms with E-state index in [1.165, 1.54) is 5.56 Å². The number of carbonyl (C=O) groups is 1. The van der Waals surface area contributed by atoms with Crippen molar-refractivity contribution in [2.45, 2.75) is 19.9 Å². The van der Waals surface area contributed by atoms with Crippen molar-refractivity contribution >= 4 is 11.6 Å². The highest BCUT2D eigenvalue weighted by Crippen LogP contribution is 2.28. The number of hydrogen-bond acceptors (Lipinski definition) is 4. The van der Waals surface area contributed by atoms with Crippen molar-refractivity contribution in [1.29, 1.82) is 0 Å². The van der Waals surface area contributed by atoms with E-state index in [-0.39, 0.29) is 5.91 Å². The predicted octanol–water partition coefficient (Wildman–Crippen LogP) is 3.13. The second-order valence-corrected chi connectivity index (χ2v) is 5.51. The minimum absolute atomic E-state index is 0.0106. The summed E-state index contributed by atoms with van der Waals surface area (Å²) in [5.74, 6) is 1.43. The summed E-state index contributed by atoms with van der Waals surface area (Å²) in [7, 11) is 3.22. The number of benzene rings is 2. The lowest BCUT2D eigenvalue weighted by Crippen LogP contribution is -2.24. The molecule has 2 aromatic carbocycles. The van der Waals surface area contributed by atoms with E-state index in [1.807, 2.05) is 37.3 Å². The Kier molecular flexibility index (Phi) is 6.49. The largest absolute Gasteiger partial charge is 0.497 e. The summed E-state index contributed by atoms with van der Waals surface area (Å²) in [6, 6.07) is 13.6. The summed E-state index contributed by atoms with van der Waals surface area (Å²) in [6.07, 6.45) is 0.390. The van der Waals surface area contributed by atoms with E-state index >= 15 is 0 Å². The highest BCUT2D eigenvalue weighted by Gasteiger charge is 2.06. The van der Waals surface area contributed by atoms with Crippen LogP contribution in [-0.2, 0) is 11.3 Å². The van der Waals surface area contributed by atoms with E-state index in [0.717, 1.165) is 17.0 Å². The fourth-order valence-corrected chi connectivity index (χ4v) is 2.37. The van der Waals surface area contributed by atoms with Crippen molar-refractivity contribution in [3.8, 4) is 11.5 Å². The van der Waals surface area contributed by atoms with Gasteiger partial charge in [0.1, 0.15) is 11.5 Å². The molecule has 0 aliphatic heterocycles. The summed E-state index contributed by atoms with van der Waals surface area (Å²) in [5.41, 5.74) is 3.13. The average Bonchev–Trinajstić information content (AvgIpc) is 2.60. The monoisotopic (exact) mass is 328 g/mol. The Morgan fingerprint density at radius 2 is 1.92 bits per heavy atom. The Hall–Kier alpha value is -2.69. The molecule has 2 rings (SSSR count). The number of ether oxygens (including phenoxy) is 2. The van der Waals surface area contributed by atoms with Gasteiger partial charge in [0, 0.05) is 25.6 Å². The second-order valence-electron chi connectivity index (χ2n) is 5.51. The molecule has 0 saturated heterocycles. The molecule has 0 radical (unpaired) electrons. The van der Waals surface area contributed by atoms with Gasteiger partial charge in [-0.2, -0.15) is 0 Å². The number of amides is 1. The molecule has 0 heterocycles. The third-order valence-electron chi connectivity index (χ3n) is 3.65. The number of carbonyl (C=O) groups excluding carboxylic acids is 1. The number of hydrogen-bond donors (Lipinski definition) is 2. The van der Waals surface area contributed by atoms with Crippen molar-refractivity contribution in [2.24, 2.45) is 0 Å². The highest BCUT2D eigenvalue weighted by atomic mass is 16.5. The number of nitrogens with one attached hydrogen (secondary N) is 2. The van der Waals surface area contributed by atoms with Crippen molar-refractivity contribution in [3.63, 3.8) is 0 Å². The third kappa shape index (κ3) is 5.19. The molecular weight excluding hydrogens is 304 g/mol. The van der Waals surface area contributed by atoms with E-state index in [9.17, 15) is 4.79 Å². The molecule has 0 fully saturated rings. The lowest BCUT2D eigenvalue weighted by Gasteiger charge is -2.12. The standard InChI is InChI=1S/C19H24N2O3/c1-14-5-4-6-15(11-14)13-21-19(22)9-10-20-17-8-7-16(23-2)12-18(17)24-3/h4-8,11-12,20H,9-10,13H2,1-3H3,(H,21,22). The molecule has 5 heteroatoms. The molecule has 0 atom stereocenters. The highest BCUT2D eigenvalue weighted by molar-refractivity contribution is 5.76. The SMILES string of the molecule is COc1ccc(NCCC(=O)NCc2cccc(C)c2)c(OC)c1. The van der Waals surface area contributed by atoms with Crippen molar-refractivity contribution in [3.05, 3.63) is 53.6 Å². The minimum Gasteiger partial charge on any atom is -0.497 e. The van der Waals surface area contributed by atoms with Crippen LogP contribution >= 0.6 is 0 Å². The molecule has 0 saturated carbocycles. The van der Waals surface area contributed by atoms with Crippen molar-refractivity contribution < 1.29 is 14.3 Å². The van der Waals surface area contributed by atoms with E-state index in [4.69, 9.17) is 9.47 Å². The van der Waals surface area contributed by atoms with Crippen molar-refractivity contribution in [1.82, 2.24) is 5.32 Å². The Bertz CT molecular complexity index is 686. The van der Waals surface area contributed by atoms with Gasteiger partial charge in [-0.15, -0.1) is 0 Å². The van der Waals surface area contributed by atoms with E-state index < -0.39 is 0 Å². The summed E-state index contributed by atoms with van der Waals surface area (Å²) in [6.45, 7) is 3.12. The lowest BCUT2D eigenvalue weighted by atomic mass is 10.1. The normalized spacial score (nSPS) is 10.1. The minimum atomic E-state index is 0.0106. The molecule has 0 aliphatic carbocycles. The van der Waals surface area contributed by atoms with Gasteiger partial charge in [0.05, 0.1) is 19.9 Å². The van der Waals surface area contributed by atoms with Crippen molar-refractivity contribution in [2.75, 3.05) is 26.1 Å². The fraction of sp³-hybridized carbons (Fsp3) is 0.316. The molecule has 0 bridgehead atoms. The first-order chi connectivity index (χ1) is 11.6. The zero-order valence-electron chi connectivity index (χ0n) is 14.4. The first-order valence-corrected chi connectivity index (χ1v) is 7.90. The van der Waals surface area contributed by atoms with E-state index in [0.29, 0.717) is 25.3 Å². The first kappa shape index (κ1) is 17.7. The number of methoxy groups -OCH3 is 2. The predicted molar refractivity (Wildman–Crippen MR) is 95.7 cm³/mol.